The molecule has 0 spiro atoms. The van der Waals surface area contributed by atoms with Gasteiger partial charge in [-0.05, 0) is 18.2 Å². The summed E-state index contributed by atoms with van der Waals surface area (Å²) in [5.74, 6) is -2.39. The number of amides is 3. The van der Waals surface area contributed by atoms with Gasteiger partial charge in [-0.25, -0.2) is 8.78 Å². The molecule has 1 unspecified atom stereocenters. The van der Waals surface area contributed by atoms with E-state index < -0.39 is 17.7 Å². The van der Waals surface area contributed by atoms with Crippen LogP contribution in [0.2, 0.25) is 0 Å². The van der Waals surface area contributed by atoms with Crippen LogP contribution < -0.4 is 5.32 Å². The molecule has 1 aromatic heterocycles. The van der Waals surface area contributed by atoms with Crippen LogP contribution in [0.4, 0.5) is 8.78 Å². The van der Waals surface area contributed by atoms with Gasteiger partial charge in [-0.2, -0.15) is 0 Å². The van der Waals surface area contributed by atoms with Crippen molar-refractivity contribution in [3.63, 3.8) is 0 Å². The Morgan fingerprint density at radius 2 is 1.78 bits per heavy atom. The van der Waals surface area contributed by atoms with Gasteiger partial charge in [0.05, 0.1) is 18.7 Å². The molecule has 1 aromatic carbocycles. The second kappa shape index (κ2) is 9.47. The Bertz CT molecular complexity index is 990. The zero-order chi connectivity index (χ0) is 22.7. The van der Waals surface area contributed by atoms with Gasteiger partial charge >= 0.3 is 0 Å². The number of piperazine rings is 2. The van der Waals surface area contributed by atoms with E-state index in [1.807, 2.05) is 0 Å². The third-order valence-corrected chi connectivity index (χ3v) is 5.87. The largest absolute Gasteiger partial charge is 0.459 e. The molecule has 10 heteroatoms. The molecular weight excluding hydrogens is 422 g/mol. The number of carbonyl (C=O) groups excluding carboxylic acids is 3. The average Bonchev–Trinajstić information content (AvgIpc) is 3.34. The maximum Gasteiger partial charge on any atom is 0.289 e. The van der Waals surface area contributed by atoms with Gasteiger partial charge < -0.3 is 19.5 Å². The van der Waals surface area contributed by atoms with Crippen LogP contribution in [0.15, 0.2) is 41.0 Å². The monoisotopic (exact) mass is 446 g/mol. The van der Waals surface area contributed by atoms with E-state index in [4.69, 9.17) is 4.42 Å². The van der Waals surface area contributed by atoms with Gasteiger partial charge in [0.1, 0.15) is 0 Å². The molecule has 32 heavy (non-hydrogen) atoms. The van der Waals surface area contributed by atoms with E-state index in [0.29, 0.717) is 39.3 Å². The van der Waals surface area contributed by atoms with Gasteiger partial charge in [-0.3, -0.25) is 19.3 Å². The van der Waals surface area contributed by atoms with Gasteiger partial charge in [-0.1, -0.05) is 12.1 Å². The van der Waals surface area contributed by atoms with E-state index in [1.54, 1.807) is 26.8 Å². The summed E-state index contributed by atoms with van der Waals surface area (Å²) < 4.78 is 32.8. The van der Waals surface area contributed by atoms with Gasteiger partial charge in [-0.15, -0.1) is 0 Å². The summed E-state index contributed by atoms with van der Waals surface area (Å²) >= 11 is 0. The van der Waals surface area contributed by atoms with Crippen molar-refractivity contribution < 1.29 is 27.6 Å². The number of hydrogen-bond donors (Lipinski definition) is 1. The molecule has 1 N–H and O–H groups in total. The van der Waals surface area contributed by atoms with Crippen molar-refractivity contribution in [1.29, 1.82) is 0 Å². The van der Waals surface area contributed by atoms with Crippen LogP contribution >= 0.6 is 0 Å². The molecule has 4 rings (SSSR count). The number of rotatable bonds is 5. The predicted octanol–water partition coefficient (Wildman–Crippen LogP) is 1.23. The van der Waals surface area contributed by atoms with Gasteiger partial charge in [0.2, 0.25) is 11.8 Å². The summed E-state index contributed by atoms with van der Waals surface area (Å²) in [6.45, 7) is 2.23. The first-order valence-electron chi connectivity index (χ1n) is 10.5. The Morgan fingerprint density at radius 3 is 2.50 bits per heavy atom. The lowest BCUT2D eigenvalue weighted by Gasteiger charge is -2.38. The second-order valence-electron chi connectivity index (χ2n) is 7.84. The maximum absolute atomic E-state index is 14.1. The summed E-state index contributed by atoms with van der Waals surface area (Å²) in [5.41, 5.74) is 0.141. The van der Waals surface area contributed by atoms with Crippen molar-refractivity contribution in [1.82, 2.24) is 20.0 Å². The van der Waals surface area contributed by atoms with Crippen molar-refractivity contribution in [2.45, 2.75) is 19.0 Å². The molecular formula is C22H24F2N4O4. The zero-order valence-electron chi connectivity index (χ0n) is 17.4. The Hall–Kier alpha value is -3.27. The molecule has 0 bridgehead atoms. The van der Waals surface area contributed by atoms with Crippen LogP contribution in [0.5, 0.6) is 0 Å². The quantitative estimate of drug-likeness (QED) is 0.747. The van der Waals surface area contributed by atoms with Crippen LogP contribution in [0.25, 0.3) is 0 Å². The number of nitrogens with one attached hydrogen (secondary N) is 1. The SMILES string of the molecule is O=C1NCCN(Cc2cccc(F)c2F)C1CC(=O)N1CCN(C(=O)c2ccco2)CC1. The molecule has 0 radical (unpaired) electrons. The Morgan fingerprint density at radius 1 is 1.03 bits per heavy atom. The summed E-state index contributed by atoms with van der Waals surface area (Å²) in [4.78, 5) is 42.7. The minimum atomic E-state index is -0.946. The van der Waals surface area contributed by atoms with Crippen LogP contribution in [0, 0.1) is 11.6 Å². The molecule has 2 aliphatic rings. The highest BCUT2D eigenvalue weighted by Crippen LogP contribution is 2.19. The first-order valence-corrected chi connectivity index (χ1v) is 10.5. The molecule has 3 amide bonds. The third kappa shape index (κ3) is 4.64. The molecule has 8 nitrogen and oxygen atoms in total. The number of nitrogens with zero attached hydrogens (tertiary/aromatic N) is 3. The summed E-state index contributed by atoms with van der Waals surface area (Å²) in [6.07, 6.45) is 1.36. The molecule has 2 fully saturated rings. The van der Waals surface area contributed by atoms with Gasteiger partial charge in [0, 0.05) is 51.4 Å². The minimum Gasteiger partial charge on any atom is -0.459 e. The standard InChI is InChI=1S/C22H24F2N4O4/c23-16-4-1-3-15(20(16)24)14-28-7-6-25-21(30)17(28)13-19(29)26-8-10-27(11-9-26)22(31)18-5-2-12-32-18/h1-5,12,17H,6-11,13-14H2,(H,25,30). The maximum atomic E-state index is 14.1. The van der Waals surface area contributed by atoms with Crippen LogP contribution in [0.1, 0.15) is 22.5 Å². The van der Waals surface area contributed by atoms with Crippen LogP contribution in [0.3, 0.4) is 0 Å². The Labute approximate surface area is 183 Å². The normalized spacial score (nSPS) is 19.7. The highest BCUT2D eigenvalue weighted by Gasteiger charge is 2.34. The third-order valence-electron chi connectivity index (χ3n) is 5.87. The number of furan rings is 1. The number of carbonyl (C=O) groups is 3. The molecule has 2 saturated heterocycles. The zero-order valence-corrected chi connectivity index (χ0v) is 17.4. The van der Waals surface area contributed by atoms with Crippen molar-refractivity contribution in [3.05, 3.63) is 59.6 Å². The summed E-state index contributed by atoms with van der Waals surface area (Å²) in [6, 6.07) is 6.39. The number of benzene rings is 1. The van der Waals surface area contributed by atoms with E-state index in [1.165, 1.54) is 18.4 Å². The fourth-order valence-corrected chi connectivity index (χ4v) is 4.07. The van der Waals surface area contributed by atoms with Crippen LogP contribution in [-0.4, -0.2) is 77.7 Å². The lowest BCUT2D eigenvalue weighted by molar-refractivity contribution is -0.140. The first kappa shape index (κ1) is 21.9. The van der Waals surface area contributed by atoms with Crippen LogP contribution in [-0.2, 0) is 16.1 Å². The Balaban J connectivity index is 1.37. The second-order valence-corrected chi connectivity index (χ2v) is 7.84. The van der Waals surface area contributed by atoms with Crippen molar-refractivity contribution in [3.8, 4) is 0 Å². The highest BCUT2D eigenvalue weighted by atomic mass is 19.2. The number of halogens is 2. The molecule has 0 saturated carbocycles. The highest BCUT2D eigenvalue weighted by molar-refractivity contribution is 5.92. The fourth-order valence-electron chi connectivity index (χ4n) is 4.07. The van der Waals surface area contributed by atoms with Crippen molar-refractivity contribution in [2.24, 2.45) is 0 Å². The molecule has 3 heterocycles. The fraction of sp³-hybridized carbons (Fsp3) is 0.409. The average molecular weight is 446 g/mol. The minimum absolute atomic E-state index is 0.0282. The molecule has 2 aliphatic heterocycles. The van der Waals surface area contributed by atoms with E-state index in [9.17, 15) is 23.2 Å². The predicted molar refractivity (Wildman–Crippen MR) is 109 cm³/mol. The lowest BCUT2D eigenvalue weighted by Crippen LogP contribution is -2.57. The van der Waals surface area contributed by atoms with Crippen molar-refractivity contribution >= 4 is 17.7 Å². The summed E-state index contributed by atoms with van der Waals surface area (Å²) in [7, 11) is 0. The van der Waals surface area contributed by atoms with E-state index in [2.05, 4.69) is 5.32 Å². The van der Waals surface area contributed by atoms with Gasteiger partial charge in [0.15, 0.2) is 17.4 Å². The van der Waals surface area contributed by atoms with E-state index in [0.717, 1.165) is 6.07 Å². The number of hydrogen-bond acceptors (Lipinski definition) is 5. The van der Waals surface area contributed by atoms with Crippen molar-refractivity contribution in [2.75, 3.05) is 39.3 Å². The lowest BCUT2D eigenvalue weighted by atomic mass is 10.1. The smallest absolute Gasteiger partial charge is 0.289 e. The van der Waals surface area contributed by atoms with E-state index in [-0.39, 0.29) is 42.0 Å². The van der Waals surface area contributed by atoms with Gasteiger partial charge in [0.25, 0.3) is 5.91 Å². The molecule has 2 aromatic rings. The molecule has 170 valence electrons. The molecule has 0 aliphatic carbocycles. The molecule has 1 atom stereocenters. The topological polar surface area (TPSA) is 86.1 Å². The Kier molecular flexibility index (Phi) is 6.50. The van der Waals surface area contributed by atoms with E-state index >= 15 is 0 Å². The first-order chi connectivity index (χ1) is 15.4. The summed E-state index contributed by atoms with van der Waals surface area (Å²) in [5, 5.41) is 2.74.